The van der Waals surface area contributed by atoms with Crippen molar-refractivity contribution in [2.45, 2.75) is 25.8 Å². The molecule has 11 heteroatoms. The molecule has 35 heavy (non-hydrogen) atoms. The average Bonchev–Trinajstić information content (AvgIpc) is 3.13. The second kappa shape index (κ2) is 9.55. The molecule has 0 saturated carbocycles. The lowest BCUT2D eigenvalue weighted by atomic mass is 10.0. The van der Waals surface area contributed by atoms with Crippen molar-refractivity contribution < 1.29 is 35.9 Å². The van der Waals surface area contributed by atoms with Crippen LogP contribution in [0, 0.1) is 22.7 Å². The van der Waals surface area contributed by atoms with Crippen molar-refractivity contribution in [3.05, 3.63) is 76.0 Å². The van der Waals surface area contributed by atoms with Gasteiger partial charge in [-0.05, 0) is 48.9 Å². The van der Waals surface area contributed by atoms with Crippen LogP contribution in [-0.2, 0) is 28.4 Å². The van der Waals surface area contributed by atoms with Gasteiger partial charge in [0.25, 0.3) is 0 Å². The summed E-state index contributed by atoms with van der Waals surface area (Å²) in [5, 5.41) is 19.1. The number of carbonyl (C=O) groups is 1. The topological polar surface area (TPSA) is 78.8 Å². The first kappa shape index (κ1) is 25.4. The molecule has 0 fully saturated rings. The Morgan fingerprint density at radius 3 is 2.20 bits per heavy atom. The van der Waals surface area contributed by atoms with Crippen molar-refractivity contribution >= 4 is 22.9 Å². The Labute approximate surface area is 195 Å². The average molecular weight is 491 g/mol. The number of alkyl halides is 6. The van der Waals surface area contributed by atoms with Gasteiger partial charge < -0.3 is 9.30 Å². The second-order valence-electron chi connectivity index (χ2n) is 7.33. The van der Waals surface area contributed by atoms with Crippen molar-refractivity contribution in [2.24, 2.45) is 0 Å². The lowest BCUT2D eigenvalue weighted by Gasteiger charge is -2.15. The van der Waals surface area contributed by atoms with E-state index in [1.807, 2.05) is 6.07 Å². The summed E-state index contributed by atoms with van der Waals surface area (Å²) in [6.45, 7) is 1.13. The van der Waals surface area contributed by atoms with Crippen molar-refractivity contribution in [1.29, 1.82) is 10.5 Å². The second-order valence-corrected chi connectivity index (χ2v) is 7.33. The number of rotatable bonds is 5. The minimum Gasteiger partial charge on any atom is -0.462 e. The van der Waals surface area contributed by atoms with E-state index in [2.05, 4.69) is 0 Å². The van der Waals surface area contributed by atoms with E-state index in [1.54, 1.807) is 6.07 Å². The van der Waals surface area contributed by atoms with Gasteiger partial charge in [0.05, 0.1) is 34.9 Å². The molecule has 0 N–H and O–H groups in total. The number of halogens is 6. The smallest absolute Gasteiger partial charge is 0.416 e. The maximum Gasteiger partial charge on any atom is 0.416 e. The van der Waals surface area contributed by atoms with Crippen LogP contribution in [0.4, 0.5) is 26.3 Å². The molecule has 0 unspecified atom stereocenters. The summed E-state index contributed by atoms with van der Waals surface area (Å²) < 4.78 is 85.7. The molecular weight excluding hydrogens is 476 g/mol. The van der Waals surface area contributed by atoms with Crippen molar-refractivity contribution in [2.75, 3.05) is 6.61 Å². The minimum atomic E-state index is -5.00. The quantitative estimate of drug-likeness (QED) is 0.188. The zero-order valence-corrected chi connectivity index (χ0v) is 18.0. The first-order valence-corrected chi connectivity index (χ1v) is 9.98. The molecule has 0 aliphatic rings. The van der Waals surface area contributed by atoms with Crippen LogP contribution in [0.2, 0.25) is 0 Å². The molecule has 0 aliphatic carbocycles. The first-order chi connectivity index (χ1) is 16.4. The Kier molecular flexibility index (Phi) is 6.92. The van der Waals surface area contributed by atoms with Gasteiger partial charge in [0.2, 0.25) is 0 Å². The lowest BCUT2D eigenvalue weighted by molar-refractivity contribution is -0.143. The van der Waals surface area contributed by atoms with E-state index in [9.17, 15) is 41.7 Å². The third kappa shape index (κ3) is 5.46. The van der Waals surface area contributed by atoms with Gasteiger partial charge in [-0.2, -0.15) is 36.9 Å². The van der Waals surface area contributed by atoms with Gasteiger partial charge in [0.1, 0.15) is 11.6 Å². The molecule has 2 aromatic carbocycles. The number of benzene rings is 2. The Balaban J connectivity index is 2.21. The SMILES string of the molecule is CCOC(=O)/C(C#N)=C/c1cn(Cc2cc(C(F)(F)F)cc(C(F)(F)F)c2)c2cccc(C#N)c12. The molecule has 0 spiro atoms. The van der Waals surface area contributed by atoms with Crippen molar-refractivity contribution in [3.63, 3.8) is 0 Å². The molecule has 0 bridgehead atoms. The summed E-state index contributed by atoms with van der Waals surface area (Å²) in [4.78, 5) is 12.0. The van der Waals surface area contributed by atoms with E-state index >= 15 is 0 Å². The predicted octanol–water partition coefficient (Wildman–Crippen LogP) is 6.07. The fourth-order valence-electron chi connectivity index (χ4n) is 3.53. The molecule has 0 radical (unpaired) electrons. The highest BCUT2D eigenvalue weighted by Gasteiger charge is 2.37. The van der Waals surface area contributed by atoms with Crippen LogP contribution in [0.1, 0.15) is 34.7 Å². The first-order valence-electron chi connectivity index (χ1n) is 9.98. The third-order valence-electron chi connectivity index (χ3n) is 4.97. The van der Waals surface area contributed by atoms with Gasteiger partial charge >= 0.3 is 18.3 Å². The van der Waals surface area contributed by atoms with E-state index < -0.39 is 41.6 Å². The molecule has 0 aliphatic heterocycles. The largest absolute Gasteiger partial charge is 0.462 e. The van der Waals surface area contributed by atoms with Crippen LogP contribution in [0.3, 0.4) is 0 Å². The van der Waals surface area contributed by atoms with Gasteiger partial charge in [-0.15, -0.1) is 0 Å². The molecule has 3 rings (SSSR count). The number of nitrogens with zero attached hydrogens (tertiary/aromatic N) is 3. The highest BCUT2D eigenvalue weighted by atomic mass is 19.4. The van der Waals surface area contributed by atoms with Crippen LogP contribution < -0.4 is 0 Å². The van der Waals surface area contributed by atoms with Crippen LogP contribution in [0.15, 0.2) is 48.2 Å². The maximum absolute atomic E-state index is 13.3. The Morgan fingerprint density at radius 2 is 1.69 bits per heavy atom. The van der Waals surface area contributed by atoms with Gasteiger partial charge in [0.15, 0.2) is 0 Å². The molecule has 0 saturated heterocycles. The zero-order chi connectivity index (χ0) is 26.0. The van der Waals surface area contributed by atoms with Crippen LogP contribution in [0.5, 0.6) is 0 Å². The van der Waals surface area contributed by atoms with Gasteiger partial charge in [-0.25, -0.2) is 4.79 Å². The highest BCUT2D eigenvalue weighted by molar-refractivity contribution is 6.02. The van der Waals surface area contributed by atoms with Gasteiger partial charge in [-0.3, -0.25) is 0 Å². The fraction of sp³-hybridized carbons (Fsp3) is 0.208. The fourth-order valence-corrected chi connectivity index (χ4v) is 3.53. The summed E-state index contributed by atoms with van der Waals surface area (Å²) in [5.41, 5.74) is -2.94. The number of hydrogen-bond acceptors (Lipinski definition) is 4. The van der Waals surface area contributed by atoms with Crippen molar-refractivity contribution in [1.82, 2.24) is 4.57 Å². The van der Waals surface area contributed by atoms with Gasteiger partial charge in [0, 0.05) is 23.7 Å². The molecule has 1 aromatic heterocycles. The maximum atomic E-state index is 13.3. The standard InChI is InChI=1S/C24H15F6N3O2/c1-2-35-22(34)16(11-32)8-17-13-33(20-5-3-4-15(10-31)21(17)20)12-14-6-18(23(25,26)27)9-19(7-14)24(28,29)30/h3-9,13H,2,12H2,1H3/b16-8+. The molecule has 0 amide bonds. The summed E-state index contributed by atoms with van der Waals surface area (Å²) in [7, 11) is 0. The van der Waals surface area contributed by atoms with Gasteiger partial charge in [-0.1, -0.05) is 6.07 Å². The van der Waals surface area contributed by atoms with E-state index in [-0.39, 0.29) is 34.7 Å². The summed E-state index contributed by atoms with van der Waals surface area (Å²) in [6.07, 6.45) is -7.50. The molecule has 180 valence electrons. The number of nitriles is 2. The molecule has 5 nitrogen and oxygen atoms in total. The number of fused-ring (bicyclic) bond motifs is 1. The zero-order valence-electron chi connectivity index (χ0n) is 18.0. The van der Waals surface area contributed by atoms with Crippen LogP contribution in [-0.4, -0.2) is 17.1 Å². The molecule has 0 atom stereocenters. The Bertz CT molecular complexity index is 1370. The Hall–Kier alpha value is -4.25. The van der Waals surface area contributed by atoms with E-state index in [0.29, 0.717) is 17.6 Å². The molecule has 3 aromatic rings. The van der Waals surface area contributed by atoms with Crippen LogP contribution >= 0.6 is 0 Å². The number of ether oxygens (including phenoxy) is 1. The third-order valence-corrected chi connectivity index (χ3v) is 4.97. The molecule has 1 heterocycles. The Morgan fingerprint density at radius 1 is 1.06 bits per heavy atom. The summed E-state index contributed by atoms with van der Waals surface area (Å²) >= 11 is 0. The summed E-state index contributed by atoms with van der Waals surface area (Å²) in [6, 6.07) is 9.37. The number of carbonyl (C=O) groups excluding carboxylic acids is 1. The predicted molar refractivity (Wildman–Crippen MR) is 112 cm³/mol. The van der Waals surface area contributed by atoms with E-state index in [1.165, 1.54) is 35.9 Å². The number of aromatic nitrogens is 1. The van der Waals surface area contributed by atoms with Crippen LogP contribution in [0.25, 0.3) is 17.0 Å². The van der Waals surface area contributed by atoms with E-state index in [4.69, 9.17) is 4.74 Å². The van der Waals surface area contributed by atoms with E-state index in [0.717, 1.165) is 6.08 Å². The number of esters is 1. The monoisotopic (exact) mass is 491 g/mol. The van der Waals surface area contributed by atoms with Crippen molar-refractivity contribution in [3.8, 4) is 12.1 Å². The summed E-state index contributed by atoms with van der Waals surface area (Å²) in [5.74, 6) is -0.918. The number of hydrogen-bond donors (Lipinski definition) is 0. The molecular formula is C24H15F6N3O2. The minimum absolute atomic E-state index is 0.000142. The normalized spacial score (nSPS) is 12.3. The highest BCUT2D eigenvalue weighted by Crippen LogP contribution is 2.37. The lowest BCUT2D eigenvalue weighted by Crippen LogP contribution is -2.12.